The molecule has 1 fully saturated rings. The number of methoxy groups -OCH3 is 1. The van der Waals surface area contributed by atoms with Crippen molar-refractivity contribution < 1.29 is 14.3 Å². The molecule has 1 aliphatic heterocycles. The molecular formula is C14H16BrNO3. The molecule has 102 valence electrons. The van der Waals surface area contributed by atoms with Crippen LogP contribution in [0.25, 0.3) is 0 Å². The Bertz CT molecular complexity index is 518. The van der Waals surface area contributed by atoms with Crippen molar-refractivity contribution in [2.75, 3.05) is 18.6 Å². The second-order valence-corrected chi connectivity index (χ2v) is 5.70. The summed E-state index contributed by atoms with van der Waals surface area (Å²) >= 11 is 3.50. The van der Waals surface area contributed by atoms with E-state index in [1.54, 1.807) is 4.90 Å². The predicted molar refractivity (Wildman–Crippen MR) is 76.1 cm³/mol. The third kappa shape index (κ3) is 2.66. The summed E-state index contributed by atoms with van der Waals surface area (Å²) in [4.78, 5) is 25.3. The molecule has 1 saturated heterocycles. The summed E-state index contributed by atoms with van der Waals surface area (Å²) in [5.74, 6) is -0.732. The minimum Gasteiger partial charge on any atom is -0.469 e. The number of rotatable bonds is 2. The van der Waals surface area contributed by atoms with E-state index >= 15 is 0 Å². The molecule has 0 aliphatic carbocycles. The molecule has 1 atom stereocenters. The van der Waals surface area contributed by atoms with Gasteiger partial charge < -0.3 is 9.64 Å². The van der Waals surface area contributed by atoms with Crippen molar-refractivity contribution in [1.29, 1.82) is 0 Å². The molecule has 4 nitrogen and oxygen atoms in total. The number of carbonyl (C=O) groups excluding carboxylic acids is 2. The lowest BCUT2D eigenvalue weighted by molar-refractivity contribution is -0.145. The van der Waals surface area contributed by atoms with E-state index in [2.05, 4.69) is 15.9 Å². The van der Waals surface area contributed by atoms with E-state index in [-0.39, 0.29) is 24.2 Å². The highest BCUT2D eigenvalue weighted by Crippen LogP contribution is 2.35. The molecule has 1 unspecified atom stereocenters. The van der Waals surface area contributed by atoms with Gasteiger partial charge in [-0.15, -0.1) is 0 Å². The SMILES string of the molecule is COC(=O)C1CC(=O)N(c2c(C)cc(C)cc2Br)C1. The van der Waals surface area contributed by atoms with Crippen molar-refractivity contribution in [1.82, 2.24) is 0 Å². The zero-order valence-corrected chi connectivity index (χ0v) is 12.8. The Kier molecular flexibility index (Phi) is 3.94. The Morgan fingerprint density at radius 3 is 2.68 bits per heavy atom. The average Bonchev–Trinajstić information content (AvgIpc) is 2.69. The zero-order valence-electron chi connectivity index (χ0n) is 11.2. The standard InChI is InChI=1S/C14H16BrNO3/c1-8-4-9(2)13(11(15)5-8)16-7-10(6-12(16)17)14(18)19-3/h4-5,10H,6-7H2,1-3H3. The zero-order chi connectivity index (χ0) is 14.2. The topological polar surface area (TPSA) is 46.6 Å². The largest absolute Gasteiger partial charge is 0.469 e. The maximum atomic E-state index is 12.1. The molecule has 1 aromatic carbocycles. The molecule has 1 aromatic rings. The third-order valence-corrected chi connectivity index (χ3v) is 3.93. The van der Waals surface area contributed by atoms with Crippen LogP contribution in [0.4, 0.5) is 5.69 Å². The summed E-state index contributed by atoms with van der Waals surface area (Å²) in [5.41, 5.74) is 3.00. The van der Waals surface area contributed by atoms with Crippen LogP contribution in [0.3, 0.4) is 0 Å². The van der Waals surface area contributed by atoms with Gasteiger partial charge in [-0.1, -0.05) is 6.07 Å². The molecular weight excluding hydrogens is 310 g/mol. The molecule has 1 aliphatic rings. The number of nitrogens with zero attached hydrogens (tertiary/aromatic N) is 1. The minimum absolute atomic E-state index is 0.0388. The van der Waals surface area contributed by atoms with Crippen molar-refractivity contribution in [2.45, 2.75) is 20.3 Å². The fraction of sp³-hybridized carbons (Fsp3) is 0.429. The van der Waals surface area contributed by atoms with Crippen LogP contribution in [0.1, 0.15) is 17.5 Å². The maximum Gasteiger partial charge on any atom is 0.311 e. The van der Waals surface area contributed by atoms with Crippen LogP contribution in [-0.2, 0) is 14.3 Å². The molecule has 0 N–H and O–H groups in total. The monoisotopic (exact) mass is 325 g/mol. The molecule has 0 spiro atoms. The fourth-order valence-electron chi connectivity index (χ4n) is 2.50. The van der Waals surface area contributed by atoms with Gasteiger partial charge in [0, 0.05) is 17.4 Å². The number of hydrogen-bond acceptors (Lipinski definition) is 3. The first-order valence-electron chi connectivity index (χ1n) is 6.09. The van der Waals surface area contributed by atoms with E-state index in [9.17, 15) is 9.59 Å². The Morgan fingerprint density at radius 1 is 1.42 bits per heavy atom. The molecule has 0 saturated carbocycles. The van der Waals surface area contributed by atoms with Crippen LogP contribution in [0.15, 0.2) is 16.6 Å². The highest BCUT2D eigenvalue weighted by molar-refractivity contribution is 9.10. The fourth-order valence-corrected chi connectivity index (χ4v) is 3.39. The van der Waals surface area contributed by atoms with Crippen molar-refractivity contribution in [3.05, 3.63) is 27.7 Å². The van der Waals surface area contributed by atoms with Gasteiger partial charge in [-0.25, -0.2) is 0 Å². The molecule has 0 aromatic heterocycles. The van der Waals surface area contributed by atoms with E-state index in [0.29, 0.717) is 6.54 Å². The third-order valence-electron chi connectivity index (χ3n) is 3.33. The van der Waals surface area contributed by atoms with Crippen LogP contribution < -0.4 is 4.90 Å². The lowest BCUT2D eigenvalue weighted by Gasteiger charge is -2.21. The van der Waals surface area contributed by atoms with Gasteiger partial charge in [0.25, 0.3) is 0 Å². The van der Waals surface area contributed by atoms with E-state index in [0.717, 1.165) is 21.3 Å². The van der Waals surface area contributed by atoms with Crippen molar-refractivity contribution in [2.24, 2.45) is 5.92 Å². The first kappa shape index (κ1) is 14.1. The Hall–Kier alpha value is -1.36. The number of halogens is 1. The molecule has 0 radical (unpaired) electrons. The van der Waals surface area contributed by atoms with Gasteiger partial charge in [-0.05, 0) is 47.0 Å². The summed E-state index contributed by atoms with van der Waals surface area (Å²) in [6.45, 7) is 4.35. The molecule has 0 bridgehead atoms. The van der Waals surface area contributed by atoms with Gasteiger partial charge >= 0.3 is 5.97 Å². The highest BCUT2D eigenvalue weighted by atomic mass is 79.9. The Labute approximate surface area is 120 Å². The molecule has 1 heterocycles. The normalized spacial score (nSPS) is 18.8. The minimum atomic E-state index is -0.370. The van der Waals surface area contributed by atoms with E-state index in [4.69, 9.17) is 4.74 Å². The van der Waals surface area contributed by atoms with Gasteiger partial charge in [0.15, 0.2) is 0 Å². The van der Waals surface area contributed by atoms with E-state index in [1.165, 1.54) is 7.11 Å². The summed E-state index contributed by atoms with van der Waals surface area (Å²) < 4.78 is 5.60. The summed E-state index contributed by atoms with van der Waals surface area (Å²) in [6, 6.07) is 4.00. The smallest absolute Gasteiger partial charge is 0.311 e. The van der Waals surface area contributed by atoms with Gasteiger partial charge in [-0.3, -0.25) is 9.59 Å². The molecule has 2 rings (SSSR count). The van der Waals surface area contributed by atoms with Crippen LogP contribution in [0.5, 0.6) is 0 Å². The molecule has 5 heteroatoms. The number of benzene rings is 1. The van der Waals surface area contributed by atoms with Crippen LogP contribution in [-0.4, -0.2) is 25.5 Å². The number of anilines is 1. The molecule has 19 heavy (non-hydrogen) atoms. The first-order chi connectivity index (χ1) is 8.93. The lowest BCUT2D eigenvalue weighted by Crippen LogP contribution is -2.27. The first-order valence-corrected chi connectivity index (χ1v) is 6.88. The Balaban J connectivity index is 2.33. The van der Waals surface area contributed by atoms with Crippen molar-refractivity contribution in [3.63, 3.8) is 0 Å². The van der Waals surface area contributed by atoms with E-state index in [1.807, 2.05) is 26.0 Å². The van der Waals surface area contributed by atoms with Crippen molar-refractivity contribution >= 4 is 33.5 Å². The van der Waals surface area contributed by atoms with Crippen LogP contribution in [0, 0.1) is 19.8 Å². The number of ether oxygens (including phenoxy) is 1. The second kappa shape index (κ2) is 5.33. The van der Waals surface area contributed by atoms with Gasteiger partial charge in [-0.2, -0.15) is 0 Å². The van der Waals surface area contributed by atoms with Crippen LogP contribution >= 0.6 is 15.9 Å². The van der Waals surface area contributed by atoms with E-state index < -0.39 is 0 Å². The average molecular weight is 326 g/mol. The van der Waals surface area contributed by atoms with Gasteiger partial charge in [0.05, 0.1) is 18.7 Å². The van der Waals surface area contributed by atoms with Gasteiger partial charge in [0.1, 0.15) is 0 Å². The summed E-state index contributed by atoms with van der Waals surface area (Å²) in [7, 11) is 1.35. The summed E-state index contributed by atoms with van der Waals surface area (Å²) in [6.07, 6.45) is 0.215. The summed E-state index contributed by atoms with van der Waals surface area (Å²) in [5, 5.41) is 0. The highest BCUT2D eigenvalue weighted by Gasteiger charge is 2.37. The number of esters is 1. The number of amides is 1. The predicted octanol–water partition coefficient (Wildman–Crippen LogP) is 2.59. The maximum absolute atomic E-state index is 12.1. The number of carbonyl (C=O) groups is 2. The Morgan fingerprint density at radius 2 is 2.11 bits per heavy atom. The molecule has 1 amide bonds. The second-order valence-electron chi connectivity index (χ2n) is 4.84. The van der Waals surface area contributed by atoms with Crippen LogP contribution in [0.2, 0.25) is 0 Å². The van der Waals surface area contributed by atoms with Gasteiger partial charge in [0.2, 0.25) is 5.91 Å². The number of hydrogen-bond donors (Lipinski definition) is 0. The number of aryl methyl sites for hydroxylation is 2. The lowest BCUT2D eigenvalue weighted by atomic mass is 10.1. The van der Waals surface area contributed by atoms with Crippen molar-refractivity contribution in [3.8, 4) is 0 Å². The quantitative estimate of drug-likeness (QED) is 0.785.